The summed E-state index contributed by atoms with van der Waals surface area (Å²) in [6.45, 7) is 3.34. The Labute approximate surface area is 125 Å². The Balaban J connectivity index is 2.16. The predicted molar refractivity (Wildman–Crippen MR) is 81.2 cm³/mol. The third kappa shape index (κ3) is 8.27. The molecule has 0 fully saturated rings. The highest BCUT2D eigenvalue weighted by Gasteiger charge is 2.03. The van der Waals surface area contributed by atoms with Crippen LogP contribution in [0, 0.1) is 0 Å². The van der Waals surface area contributed by atoms with E-state index in [0.29, 0.717) is 19.6 Å². The normalized spacial score (nSPS) is 11.3. The van der Waals surface area contributed by atoms with E-state index in [4.69, 9.17) is 20.2 Å². The van der Waals surface area contributed by atoms with Crippen molar-refractivity contribution in [3.05, 3.63) is 24.3 Å². The van der Waals surface area contributed by atoms with Crippen LogP contribution in [0.3, 0.4) is 0 Å². The Hall–Kier alpha value is -0.940. The summed E-state index contributed by atoms with van der Waals surface area (Å²) in [6.07, 6.45) is 3.14. The molecule has 0 aliphatic heterocycles. The van der Waals surface area contributed by atoms with Crippen LogP contribution in [0.15, 0.2) is 24.3 Å². The van der Waals surface area contributed by atoms with Gasteiger partial charge in [-0.2, -0.15) is 0 Å². The molecule has 6 heteroatoms. The van der Waals surface area contributed by atoms with Crippen LogP contribution in [0.2, 0.25) is 0 Å². The van der Waals surface area contributed by atoms with Crippen LogP contribution in [0.25, 0.3) is 0 Å². The Kier molecular flexibility index (Phi) is 7.77. The molecule has 1 rings (SSSR count). The fraction of sp³-hybridized carbons (Fsp3) is 0.571. The van der Waals surface area contributed by atoms with Crippen molar-refractivity contribution >= 4 is 19.7 Å². The van der Waals surface area contributed by atoms with Gasteiger partial charge in [-0.3, -0.25) is 0 Å². The first kappa shape index (κ1) is 17.1. The Morgan fingerprint density at radius 3 is 2.00 bits per heavy atom. The summed E-state index contributed by atoms with van der Waals surface area (Å²) < 4.78 is 32.5. The maximum Gasteiger partial charge on any atom is 0.232 e. The van der Waals surface area contributed by atoms with Crippen LogP contribution in [-0.2, 0) is 9.05 Å². The van der Waals surface area contributed by atoms with Gasteiger partial charge in [-0.25, -0.2) is 8.42 Å². The van der Waals surface area contributed by atoms with Gasteiger partial charge in [-0.05, 0) is 49.9 Å². The zero-order chi connectivity index (χ0) is 14.8. The smallest absolute Gasteiger partial charge is 0.232 e. The Morgan fingerprint density at radius 1 is 0.950 bits per heavy atom. The van der Waals surface area contributed by atoms with E-state index in [-0.39, 0.29) is 5.75 Å². The lowest BCUT2D eigenvalue weighted by Crippen LogP contribution is -2.01. The maximum atomic E-state index is 10.7. The topological polar surface area (TPSA) is 52.6 Å². The van der Waals surface area contributed by atoms with E-state index < -0.39 is 9.05 Å². The van der Waals surface area contributed by atoms with Gasteiger partial charge in [0.15, 0.2) is 0 Å². The molecule has 0 aliphatic rings. The number of unbranched alkanes of at least 4 members (excludes halogenated alkanes) is 2. The number of halogens is 1. The van der Waals surface area contributed by atoms with Crippen molar-refractivity contribution in [3.8, 4) is 11.5 Å². The molecule has 4 nitrogen and oxygen atoms in total. The van der Waals surface area contributed by atoms with Gasteiger partial charge in [0.05, 0.1) is 19.0 Å². The molecule has 1 aromatic rings. The molecule has 0 unspecified atom stereocenters. The van der Waals surface area contributed by atoms with Gasteiger partial charge in [0.1, 0.15) is 11.5 Å². The highest BCUT2D eigenvalue weighted by Crippen LogP contribution is 2.18. The van der Waals surface area contributed by atoms with Crippen LogP contribution in [0.1, 0.15) is 32.6 Å². The average molecular weight is 321 g/mol. The molecule has 114 valence electrons. The number of rotatable bonds is 10. The van der Waals surface area contributed by atoms with E-state index in [2.05, 4.69) is 6.92 Å². The van der Waals surface area contributed by atoms with Crippen molar-refractivity contribution < 1.29 is 17.9 Å². The van der Waals surface area contributed by atoms with E-state index in [1.54, 1.807) is 0 Å². The number of benzene rings is 1. The van der Waals surface area contributed by atoms with Crippen LogP contribution < -0.4 is 9.47 Å². The molecule has 0 aromatic heterocycles. The van der Waals surface area contributed by atoms with Crippen molar-refractivity contribution in [2.24, 2.45) is 0 Å². The third-order valence-corrected chi connectivity index (χ3v) is 3.84. The van der Waals surface area contributed by atoms with Gasteiger partial charge in [0.2, 0.25) is 9.05 Å². The van der Waals surface area contributed by atoms with Crippen LogP contribution in [0.4, 0.5) is 0 Å². The molecule has 0 atom stereocenters. The fourth-order valence-corrected chi connectivity index (χ4v) is 2.47. The fourth-order valence-electron chi connectivity index (χ4n) is 1.60. The molecule has 0 saturated heterocycles. The highest BCUT2D eigenvalue weighted by atomic mass is 35.7. The molecule has 0 spiro atoms. The van der Waals surface area contributed by atoms with Crippen molar-refractivity contribution in [2.75, 3.05) is 19.0 Å². The third-order valence-electron chi connectivity index (χ3n) is 2.60. The van der Waals surface area contributed by atoms with Gasteiger partial charge in [-0.1, -0.05) is 6.92 Å². The Bertz CT molecular complexity index is 470. The first-order valence-electron chi connectivity index (χ1n) is 6.79. The lowest BCUT2D eigenvalue weighted by Gasteiger charge is -2.08. The summed E-state index contributed by atoms with van der Waals surface area (Å²) in [4.78, 5) is 0. The quantitative estimate of drug-likeness (QED) is 0.488. The van der Waals surface area contributed by atoms with Crippen molar-refractivity contribution in [3.63, 3.8) is 0 Å². The summed E-state index contributed by atoms with van der Waals surface area (Å²) in [5.41, 5.74) is 0. The van der Waals surface area contributed by atoms with Gasteiger partial charge in [0, 0.05) is 10.7 Å². The molecule has 0 saturated carbocycles. The molecule has 0 heterocycles. The van der Waals surface area contributed by atoms with Crippen LogP contribution in [-0.4, -0.2) is 27.4 Å². The van der Waals surface area contributed by atoms with Crippen molar-refractivity contribution in [2.45, 2.75) is 32.6 Å². The molecular formula is C14H21ClO4S. The van der Waals surface area contributed by atoms with Crippen molar-refractivity contribution in [1.82, 2.24) is 0 Å². The second-order valence-electron chi connectivity index (χ2n) is 4.47. The van der Waals surface area contributed by atoms with Gasteiger partial charge < -0.3 is 9.47 Å². The van der Waals surface area contributed by atoms with Gasteiger partial charge in [0.25, 0.3) is 0 Å². The SMILES string of the molecule is CCCOc1ccc(OCCCCCS(=O)(=O)Cl)cc1. The first-order valence-corrected chi connectivity index (χ1v) is 9.27. The molecule has 0 N–H and O–H groups in total. The van der Waals surface area contributed by atoms with Crippen LogP contribution >= 0.6 is 10.7 Å². The molecule has 20 heavy (non-hydrogen) atoms. The lowest BCUT2D eigenvalue weighted by molar-refractivity contribution is 0.302. The standard InChI is InChI=1S/C14H21ClO4S/c1-2-10-18-13-6-8-14(9-7-13)19-11-4-3-5-12-20(15,16)17/h6-9H,2-5,10-12H2,1H3. The van der Waals surface area contributed by atoms with Gasteiger partial charge >= 0.3 is 0 Å². The summed E-state index contributed by atoms with van der Waals surface area (Å²) in [6, 6.07) is 7.50. The van der Waals surface area contributed by atoms with Gasteiger partial charge in [-0.15, -0.1) is 0 Å². The minimum absolute atomic E-state index is 0.0258. The minimum Gasteiger partial charge on any atom is -0.494 e. The molecular weight excluding hydrogens is 300 g/mol. The largest absolute Gasteiger partial charge is 0.494 e. The average Bonchev–Trinajstić information content (AvgIpc) is 2.40. The van der Waals surface area contributed by atoms with E-state index in [1.807, 2.05) is 24.3 Å². The summed E-state index contributed by atoms with van der Waals surface area (Å²) in [5.74, 6) is 1.66. The summed E-state index contributed by atoms with van der Waals surface area (Å²) >= 11 is 0. The first-order chi connectivity index (χ1) is 9.51. The van der Waals surface area contributed by atoms with E-state index in [1.165, 1.54) is 0 Å². The maximum absolute atomic E-state index is 10.7. The zero-order valence-electron chi connectivity index (χ0n) is 11.7. The molecule has 1 aromatic carbocycles. The predicted octanol–water partition coefficient (Wildman–Crippen LogP) is 3.59. The Morgan fingerprint density at radius 2 is 1.50 bits per heavy atom. The number of hydrogen-bond acceptors (Lipinski definition) is 4. The summed E-state index contributed by atoms with van der Waals surface area (Å²) in [7, 11) is 1.76. The molecule has 0 bridgehead atoms. The summed E-state index contributed by atoms with van der Waals surface area (Å²) in [5, 5.41) is 0. The van der Waals surface area contributed by atoms with E-state index in [9.17, 15) is 8.42 Å². The highest BCUT2D eigenvalue weighted by molar-refractivity contribution is 8.13. The second-order valence-corrected chi connectivity index (χ2v) is 7.37. The lowest BCUT2D eigenvalue weighted by atomic mass is 10.2. The minimum atomic E-state index is -3.36. The zero-order valence-corrected chi connectivity index (χ0v) is 13.3. The number of ether oxygens (including phenoxy) is 2. The van der Waals surface area contributed by atoms with E-state index >= 15 is 0 Å². The number of hydrogen-bond donors (Lipinski definition) is 0. The second kappa shape index (κ2) is 9.08. The van der Waals surface area contributed by atoms with Crippen LogP contribution in [0.5, 0.6) is 11.5 Å². The molecule has 0 aliphatic carbocycles. The molecule has 0 radical (unpaired) electrons. The van der Waals surface area contributed by atoms with E-state index in [0.717, 1.165) is 30.8 Å². The monoisotopic (exact) mass is 320 g/mol. The molecule has 0 amide bonds. The van der Waals surface area contributed by atoms with Crippen molar-refractivity contribution in [1.29, 1.82) is 0 Å².